The Balaban J connectivity index is 0. The zero-order chi connectivity index (χ0) is 5.86. The molecule has 0 aliphatic rings. The van der Waals surface area contributed by atoms with E-state index in [1.807, 2.05) is 0 Å². The summed E-state index contributed by atoms with van der Waals surface area (Å²) in [5.74, 6) is 0. The Morgan fingerprint density at radius 3 is 1.88 bits per heavy atom. The molecule has 5 nitrogen and oxygen atoms in total. The van der Waals surface area contributed by atoms with E-state index in [1.165, 1.54) is 0 Å². The third kappa shape index (κ3) is 9.91. The summed E-state index contributed by atoms with van der Waals surface area (Å²) in [6.45, 7) is 0. The molecule has 1 N–H and O–H groups in total. The molecule has 0 aliphatic carbocycles. The molecule has 0 bridgehead atoms. The second kappa shape index (κ2) is 5.91. The van der Waals surface area contributed by atoms with Crippen molar-refractivity contribution >= 4 is 22.7 Å². The van der Waals surface area contributed by atoms with Gasteiger partial charge in [0, 0.05) is 0 Å². The Hall–Kier alpha value is 0.777. The van der Waals surface area contributed by atoms with E-state index < -0.39 is 22.7 Å². The van der Waals surface area contributed by atoms with Crippen LogP contribution in [0.5, 0.6) is 0 Å². The first-order valence-electron chi connectivity index (χ1n) is 1.02. The van der Waals surface area contributed by atoms with Crippen molar-refractivity contribution in [3.05, 3.63) is 0 Å². The second-order valence-corrected chi connectivity index (χ2v) is 1.88. The smallest absolute Gasteiger partial charge is 0.749 e. The first-order chi connectivity index (χ1) is 3.13. The quantitative estimate of drug-likeness (QED) is 0.321. The molecule has 2 atom stereocenters. The van der Waals surface area contributed by atoms with Crippen LogP contribution in [0.1, 0.15) is 0 Å². The molecule has 0 amide bonds. The third-order valence-corrected chi connectivity index (χ3v) is 1.02. The summed E-state index contributed by atoms with van der Waals surface area (Å²) in [6, 6.07) is 0. The fourth-order valence-corrected chi connectivity index (χ4v) is 0.428. The van der Waals surface area contributed by atoms with Gasteiger partial charge >= 0.3 is 30.2 Å². The Labute approximate surface area is 63.0 Å². The summed E-state index contributed by atoms with van der Waals surface area (Å²) in [6.07, 6.45) is 0. The summed E-state index contributed by atoms with van der Waals surface area (Å²) in [4.78, 5) is 0. The van der Waals surface area contributed by atoms with Crippen molar-refractivity contribution in [2.24, 2.45) is 0 Å². The zero-order valence-electron chi connectivity index (χ0n) is 3.90. The summed E-state index contributed by atoms with van der Waals surface area (Å²) in [5, 5.41) is 0. The van der Waals surface area contributed by atoms with Crippen molar-refractivity contribution < 1.29 is 40.0 Å². The Bertz CT molecular complexity index is 86.6. The summed E-state index contributed by atoms with van der Waals surface area (Å²) < 4.78 is 38.5. The van der Waals surface area contributed by atoms with E-state index in [1.54, 1.807) is 0 Å². The molecule has 0 radical (unpaired) electrons. The minimum Gasteiger partial charge on any atom is -0.749 e. The molecule has 8 heavy (non-hydrogen) atoms. The van der Waals surface area contributed by atoms with Crippen molar-refractivity contribution in [3.8, 4) is 0 Å². The molecule has 0 heterocycles. The van der Waals surface area contributed by atoms with E-state index in [-0.39, 0.29) is 18.9 Å². The standard InChI is InChI=1S/Li.H2O5S2/c;1-6(2)5-7(3)4/h;(H,1,2)(H,3,4)/q+1;/p-1. The minimum absolute atomic E-state index is 0. The van der Waals surface area contributed by atoms with E-state index >= 15 is 0 Å². The van der Waals surface area contributed by atoms with E-state index in [2.05, 4.69) is 3.63 Å². The fourth-order valence-electron chi connectivity index (χ4n) is 0.0475. The van der Waals surface area contributed by atoms with Gasteiger partial charge in [0.1, 0.15) is 11.4 Å². The SMILES string of the molecule is O=S([O-])OS(=O)O.[Li+]. The van der Waals surface area contributed by atoms with Gasteiger partial charge in [0.2, 0.25) is 0 Å². The average molecular weight is 152 g/mol. The molecule has 0 saturated heterocycles. The molecule has 0 aromatic rings. The van der Waals surface area contributed by atoms with Crippen LogP contribution in [0.15, 0.2) is 0 Å². The van der Waals surface area contributed by atoms with E-state index in [0.29, 0.717) is 0 Å². The van der Waals surface area contributed by atoms with Crippen LogP contribution in [-0.2, 0) is 26.4 Å². The summed E-state index contributed by atoms with van der Waals surface area (Å²) in [7, 11) is 0. The molecule has 0 spiro atoms. The van der Waals surface area contributed by atoms with Gasteiger partial charge in [0.15, 0.2) is 0 Å². The van der Waals surface area contributed by atoms with Crippen LogP contribution in [0.2, 0.25) is 0 Å². The van der Waals surface area contributed by atoms with Crippen molar-refractivity contribution in [2.45, 2.75) is 0 Å². The van der Waals surface area contributed by atoms with Gasteiger partial charge in [0.05, 0.1) is 0 Å². The van der Waals surface area contributed by atoms with Crippen molar-refractivity contribution in [1.82, 2.24) is 0 Å². The van der Waals surface area contributed by atoms with Crippen LogP contribution < -0.4 is 18.9 Å². The first kappa shape index (κ1) is 11.6. The molecule has 44 valence electrons. The van der Waals surface area contributed by atoms with Gasteiger partial charge in [-0.3, -0.25) is 4.55 Å². The second-order valence-electron chi connectivity index (χ2n) is 0.489. The van der Waals surface area contributed by atoms with E-state index in [9.17, 15) is 13.0 Å². The Kier molecular flexibility index (Phi) is 8.53. The van der Waals surface area contributed by atoms with Crippen molar-refractivity contribution in [1.29, 1.82) is 0 Å². The van der Waals surface area contributed by atoms with Crippen molar-refractivity contribution in [3.63, 3.8) is 0 Å². The van der Waals surface area contributed by atoms with Crippen LogP contribution in [0.4, 0.5) is 0 Å². The molecular formula is HLiO5S2. The van der Waals surface area contributed by atoms with Crippen LogP contribution >= 0.6 is 0 Å². The average Bonchev–Trinajstić information content (AvgIpc) is 1.27. The van der Waals surface area contributed by atoms with Gasteiger partial charge in [0.25, 0.3) is 0 Å². The maximum Gasteiger partial charge on any atom is 1.00 e. The van der Waals surface area contributed by atoms with Crippen LogP contribution in [0.25, 0.3) is 0 Å². The van der Waals surface area contributed by atoms with Gasteiger partial charge < -0.3 is 4.55 Å². The number of hydrogen-bond donors (Lipinski definition) is 1. The van der Waals surface area contributed by atoms with Crippen molar-refractivity contribution in [2.75, 3.05) is 0 Å². The first-order valence-corrected chi connectivity index (χ1v) is 3.05. The normalized spacial score (nSPS) is 16.2. The zero-order valence-corrected chi connectivity index (χ0v) is 5.53. The molecule has 0 saturated carbocycles. The summed E-state index contributed by atoms with van der Waals surface area (Å²) in [5.41, 5.74) is 0. The third-order valence-electron chi connectivity index (χ3n) is 0.114. The summed E-state index contributed by atoms with van der Waals surface area (Å²) >= 11 is -5.60. The van der Waals surface area contributed by atoms with Gasteiger partial charge in [-0.1, -0.05) is 0 Å². The molecule has 0 aromatic carbocycles. The molecular weight excluding hydrogens is 151 g/mol. The number of rotatable bonds is 2. The largest absolute Gasteiger partial charge is 1.00 e. The van der Waals surface area contributed by atoms with Gasteiger partial charge in [-0.15, -0.1) is 0 Å². The number of hydrogen-bond acceptors (Lipinski definition) is 4. The Morgan fingerprint density at radius 1 is 1.50 bits per heavy atom. The van der Waals surface area contributed by atoms with Crippen LogP contribution in [0.3, 0.4) is 0 Å². The van der Waals surface area contributed by atoms with Gasteiger partial charge in [-0.05, 0) is 0 Å². The molecule has 0 rings (SSSR count). The molecule has 0 aliphatic heterocycles. The maximum atomic E-state index is 9.31. The minimum atomic E-state index is -2.90. The topological polar surface area (TPSA) is 86.7 Å². The van der Waals surface area contributed by atoms with Crippen LogP contribution in [-0.4, -0.2) is 17.5 Å². The monoisotopic (exact) mass is 152 g/mol. The predicted octanol–water partition coefficient (Wildman–Crippen LogP) is -4.06. The van der Waals surface area contributed by atoms with Crippen LogP contribution in [0, 0.1) is 0 Å². The maximum absolute atomic E-state index is 9.31. The molecule has 2 unspecified atom stereocenters. The Morgan fingerprint density at radius 2 is 1.88 bits per heavy atom. The van der Waals surface area contributed by atoms with E-state index in [4.69, 9.17) is 4.55 Å². The van der Waals surface area contributed by atoms with E-state index in [0.717, 1.165) is 0 Å². The van der Waals surface area contributed by atoms with Gasteiger partial charge in [-0.2, -0.15) is 7.84 Å². The molecule has 0 aromatic heterocycles. The fraction of sp³-hybridized carbons (Fsp3) is 0. The molecule has 8 heteroatoms. The predicted molar refractivity (Wildman–Crippen MR) is 20.8 cm³/mol. The van der Waals surface area contributed by atoms with Gasteiger partial charge in [-0.25, -0.2) is 4.21 Å². The molecule has 0 fully saturated rings.